The van der Waals surface area contributed by atoms with Gasteiger partial charge in [-0.2, -0.15) is 0 Å². The highest BCUT2D eigenvalue weighted by Gasteiger charge is 2.27. The molecule has 0 aromatic rings. The number of carbonyl (C=O) groups excluding carboxylic acids is 1. The summed E-state index contributed by atoms with van der Waals surface area (Å²) in [5.41, 5.74) is 5.62. The van der Waals surface area contributed by atoms with E-state index in [0.29, 0.717) is 13.0 Å². The van der Waals surface area contributed by atoms with E-state index in [-0.39, 0.29) is 24.8 Å². The van der Waals surface area contributed by atoms with Gasteiger partial charge >= 0.3 is 5.97 Å². The molecule has 2 rings (SSSR count). The number of rotatable bonds is 3. The molecular formula is C12H21NO4. The van der Waals surface area contributed by atoms with E-state index in [4.69, 9.17) is 19.9 Å². The molecule has 2 N–H and O–H groups in total. The van der Waals surface area contributed by atoms with E-state index in [1.54, 1.807) is 0 Å². The van der Waals surface area contributed by atoms with E-state index in [1.807, 2.05) is 6.92 Å². The van der Waals surface area contributed by atoms with E-state index in [9.17, 15) is 4.79 Å². The fourth-order valence-corrected chi connectivity index (χ4v) is 1.84. The van der Waals surface area contributed by atoms with Crippen LogP contribution in [-0.4, -0.2) is 44.0 Å². The zero-order chi connectivity index (χ0) is 12.3. The number of esters is 1. The van der Waals surface area contributed by atoms with Crippen LogP contribution in [0.1, 0.15) is 26.2 Å². The third kappa shape index (κ3) is 4.26. The molecule has 5 nitrogen and oxygen atoms in total. The summed E-state index contributed by atoms with van der Waals surface area (Å²) in [6, 6.07) is -0.681. The molecule has 0 radical (unpaired) electrons. The van der Waals surface area contributed by atoms with Gasteiger partial charge in [-0.15, -0.1) is 0 Å². The molecule has 2 aliphatic rings. The maximum Gasteiger partial charge on any atom is 0.325 e. The Balaban J connectivity index is 1.82. The van der Waals surface area contributed by atoms with Gasteiger partial charge < -0.3 is 19.9 Å². The summed E-state index contributed by atoms with van der Waals surface area (Å²) < 4.78 is 16.4. The van der Waals surface area contributed by atoms with Crippen molar-refractivity contribution in [1.29, 1.82) is 0 Å². The van der Waals surface area contributed by atoms with Gasteiger partial charge in [-0.3, -0.25) is 4.79 Å². The van der Waals surface area contributed by atoms with Gasteiger partial charge in [0.1, 0.15) is 12.1 Å². The first-order chi connectivity index (χ1) is 8.15. The maximum absolute atomic E-state index is 11.4. The Morgan fingerprint density at radius 3 is 2.88 bits per heavy atom. The lowest BCUT2D eigenvalue weighted by Crippen LogP contribution is -2.37. The van der Waals surface area contributed by atoms with Gasteiger partial charge in [-0.25, -0.2) is 0 Å². The average molecular weight is 243 g/mol. The van der Waals surface area contributed by atoms with Gasteiger partial charge in [-0.1, -0.05) is 0 Å². The van der Waals surface area contributed by atoms with Gasteiger partial charge in [0.15, 0.2) is 0 Å². The lowest BCUT2D eigenvalue weighted by atomic mass is 10.2. The average Bonchev–Trinajstić information content (AvgIpc) is 3.07. The van der Waals surface area contributed by atoms with Gasteiger partial charge in [0, 0.05) is 13.0 Å². The van der Waals surface area contributed by atoms with E-state index in [0.717, 1.165) is 12.5 Å². The highest BCUT2D eigenvalue weighted by atomic mass is 16.6. The molecule has 1 aliphatic heterocycles. The van der Waals surface area contributed by atoms with Gasteiger partial charge in [0.2, 0.25) is 0 Å². The van der Waals surface area contributed by atoms with Crippen molar-refractivity contribution in [2.24, 2.45) is 11.7 Å². The SMILES string of the molecule is CC1CC(OCC2CC2)COC[C@H](N)C(=O)O1. The van der Waals surface area contributed by atoms with Crippen LogP contribution in [0.2, 0.25) is 0 Å². The van der Waals surface area contributed by atoms with Crippen LogP contribution >= 0.6 is 0 Å². The molecule has 98 valence electrons. The van der Waals surface area contributed by atoms with Crippen LogP contribution in [0.4, 0.5) is 0 Å². The number of hydrogen-bond donors (Lipinski definition) is 1. The quantitative estimate of drug-likeness (QED) is 0.729. The van der Waals surface area contributed by atoms with Crippen molar-refractivity contribution in [1.82, 2.24) is 0 Å². The fraction of sp³-hybridized carbons (Fsp3) is 0.917. The molecule has 1 saturated carbocycles. The fourth-order valence-electron chi connectivity index (χ4n) is 1.84. The van der Waals surface area contributed by atoms with E-state index < -0.39 is 6.04 Å². The molecule has 0 spiro atoms. The van der Waals surface area contributed by atoms with Crippen molar-refractivity contribution in [3.63, 3.8) is 0 Å². The van der Waals surface area contributed by atoms with E-state index in [1.165, 1.54) is 12.8 Å². The first kappa shape index (κ1) is 12.8. The van der Waals surface area contributed by atoms with Crippen LogP contribution < -0.4 is 5.73 Å². The van der Waals surface area contributed by atoms with Crippen molar-refractivity contribution in [3.05, 3.63) is 0 Å². The molecule has 2 unspecified atom stereocenters. The third-order valence-electron chi connectivity index (χ3n) is 3.08. The minimum atomic E-state index is -0.681. The summed E-state index contributed by atoms with van der Waals surface area (Å²) in [6.07, 6.45) is 3.04. The predicted octanol–water partition coefficient (Wildman–Crippen LogP) is 0.461. The molecule has 3 atom stereocenters. The van der Waals surface area contributed by atoms with Crippen LogP contribution in [0, 0.1) is 5.92 Å². The van der Waals surface area contributed by atoms with E-state index in [2.05, 4.69) is 0 Å². The maximum atomic E-state index is 11.4. The summed E-state index contributed by atoms with van der Waals surface area (Å²) in [7, 11) is 0. The van der Waals surface area contributed by atoms with Crippen LogP contribution in [0.15, 0.2) is 0 Å². The molecule has 17 heavy (non-hydrogen) atoms. The van der Waals surface area contributed by atoms with Crippen LogP contribution in [-0.2, 0) is 19.0 Å². The zero-order valence-electron chi connectivity index (χ0n) is 10.3. The van der Waals surface area contributed by atoms with Gasteiger partial charge in [0.05, 0.1) is 19.3 Å². The smallest absolute Gasteiger partial charge is 0.325 e. The van der Waals surface area contributed by atoms with Crippen molar-refractivity contribution in [3.8, 4) is 0 Å². The van der Waals surface area contributed by atoms with Gasteiger partial charge in [-0.05, 0) is 25.7 Å². The normalized spacial score (nSPS) is 35.6. The van der Waals surface area contributed by atoms with Crippen molar-refractivity contribution < 1.29 is 19.0 Å². The number of carbonyl (C=O) groups is 1. The topological polar surface area (TPSA) is 70.8 Å². The zero-order valence-corrected chi connectivity index (χ0v) is 10.3. The minimum absolute atomic E-state index is 0.00343. The lowest BCUT2D eigenvalue weighted by molar-refractivity contribution is -0.151. The summed E-state index contributed by atoms with van der Waals surface area (Å²) in [5.74, 6) is 0.336. The van der Waals surface area contributed by atoms with E-state index >= 15 is 0 Å². The Morgan fingerprint density at radius 2 is 2.18 bits per heavy atom. The molecule has 1 aliphatic carbocycles. The molecule has 1 heterocycles. The predicted molar refractivity (Wildman–Crippen MR) is 61.4 cm³/mol. The monoisotopic (exact) mass is 243 g/mol. The van der Waals surface area contributed by atoms with Crippen molar-refractivity contribution >= 4 is 5.97 Å². The Kier molecular flexibility index (Phi) is 4.36. The van der Waals surface area contributed by atoms with Crippen LogP contribution in [0.25, 0.3) is 0 Å². The Hall–Kier alpha value is -0.650. The molecule has 0 amide bonds. The van der Waals surface area contributed by atoms with Gasteiger partial charge in [0.25, 0.3) is 0 Å². The van der Waals surface area contributed by atoms with Crippen molar-refractivity contribution in [2.45, 2.75) is 44.4 Å². The summed E-state index contributed by atoms with van der Waals surface area (Å²) in [4.78, 5) is 11.4. The number of hydrogen-bond acceptors (Lipinski definition) is 5. The molecule has 0 aromatic carbocycles. The molecule has 1 saturated heterocycles. The number of nitrogens with two attached hydrogens (primary N) is 1. The molecule has 0 aromatic heterocycles. The standard InChI is InChI=1S/C12H21NO4/c1-8-4-10(16-5-9-2-3-9)6-15-7-11(13)12(14)17-8/h8-11H,2-7,13H2,1H3/t8?,10?,11-/m0/s1. The highest BCUT2D eigenvalue weighted by molar-refractivity contribution is 5.75. The van der Waals surface area contributed by atoms with Crippen LogP contribution in [0.3, 0.4) is 0 Å². The Bertz CT molecular complexity index is 267. The van der Waals surface area contributed by atoms with Crippen LogP contribution in [0.5, 0.6) is 0 Å². The largest absolute Gasteiger partial charge is 0.461 e. The first-order valence-corrected chi connectivity index (χ1v) is 6.30. The molecular weight excluding hydrogens is 222 g/mol. The third-order valence-corrected chi connectivity index (χ3v) is 3.08. The van der Waals surface area contributed by atoms with Crippen molar-refractivity contribution in [2.75, 3.05) is 19.8 Å². The highest BCUT2D eigenvalue weighted by Crippen LogP contribution is 2.29. The second-order valence-electron chi connectivity index (χ2n) is 5.03. The summed E-state index contributed by atoms with van der Waals surface area (Å²) >= 11 is 0. The number of ether oxygens (including phenoxy) is 3. The molecule has 5 heteroatoms. The summed E-state index contributed by atoms with van der Waals surface area (Å²) in [5, 5.41) is 0. The molecule has 0 bridgehead atoms. The molecule has 2 fully saturated rings. The lowest BCUT2D eigenvalue weighted by Gasteiger charge is -2.19. The minimum Gasteiger partial charge on any atom is -0.461 e. The second-order valence-corrected chi connectivity index (χ2v) is 5.03. The second kappa shape index (κ2) is 5.80. The Labute approximate surface area is 102 Å². The number of cyclic esters (lactones) is 1. The first-order valence-electron chi connectivity index (χ1n) is 6.30. The Morgan fingerprint density at radius 1 is 1.41 bits per heavy atom. The summed E-state index contributed by atoms with van der Waals surface area (Å²) in [6.45, 7) is 3.35.